The number of nitro benzene ring substituents is 1. The average Bonchev–Trinajstić information content (AvgIpc) is 2.27. The van der Waals surface area contributed by atoms with Crippen molar-refractivity contribution in [1.29, 1.82) is 0 Å². The van der Waals surface area contributed by atoms with Crippen LogP contribution in [-0.2, 0) is 10.3 Å². The molecule has 7 heteroatoms. The Labute approximate surface area is 118 Å². The molecule has 1 saturated heterocycles. The van der Waals surface area contributed by atoms with Crippen molar-refractivity contribution in [3.05, 3.63) is 38.3 Å². The molecule has 1 fully saturated rings. The first-order valence-electron chi connectivity index (χ1n) is 5.25. The number of non-ortho nitro benzene ring substituents is 1. The number of nitrogens with zero attached hydrogens (tertiary/aromatic N) is 1. The van der Waals surface area contributed by atoms with Gasteiger partial charge >= 0.3 is 0 Å². The Balaban J connectivity index is 2.43. The van der Waals surface area contributed by atoms with E-state index in [2.05, 4.69) is 21.2 Å². The summed E-state index contributed by atoms with van der Waals surface area (Å²) in [5.74, 6) is 0. The van der Waals surface area contributed by atoms with Gasteiger partial charge in [0.2, 0.25) is 0 Å². The minimum Gasteiger partial charge on any atom is -0.372 e. The second-order valence-electron chi connectivity index (χ2n) is 4.33. The molecule has 5 nitrogen and oxygen atoms in total. The van der Waals surface area contributed by atoms with Crippen LogP contribution < -0.4 is 5.32 Å². The normalized spacial score (nSPS) is 23.6. The van der Waals surface area contributed by atoms with Crippen LogP contribution >= 0.6 is 28.1 Å². The minimum atomic E-state index is -0.538. The van der Waals surface area contributed by atoms with Crippen LogP contribution in [0.4, 0.5) is 5.69 Å². The Bertz CT molecular complexity index is 523. The molecule has 96 valence electrons. The van der Waals surface area contributed by atoms with E-state index in [0.717, 1.165) is 5.56 Å². The van der Waals surface area contributed by atoms with E-state index in [-0.39, 0.29) is 5.69 Å². The maximum Gasteiger partial charge on any atom is 0.270 e. The number of nitrogens with one attached hydrogen (secondary N) is 1. The molecule has 0 bridgehead atoms. The van der Waals surface area contributed by atoms with Crippen molar-refractivity contribution >= 4 is 38.8 Å². The minimum absolute atomic E-state index is 0.0406. The zero-order valence-corrected chi connectivity index (χ0v) is 12.0. The SMILES string of the molecule is C[C@@]1(c2cc(Br)cc([N+](=O)[O-])c2)COCC(=S)N1. The maximum atomic E-state index is 10.9. The number of ether oxygens (including phenoxy) is 1. The highest BCUT2D eigenvalue weighted by molar-refractivity contribution is 9.10. The summed E-state index contributed by atoms with van der Waals surface area (Å²) in [5, 5.41) is 14.0. The van der Waals surface area contributed by atoms with Gasteiger partial charge in [-0.25, -0.2) is 0 Å². The van der Waals surface area contributed by atoms with E-state index < -0.39 is 10.5 Å². The highest BCUT2D eigenvalue weighted by Gasteiger charge is 2.32. The molecule has 1 heterocycles. The molecule has 2 rings (SSSR count). The molecule has 0 amide bonds. The molecule has 1 aromatic rings. The zero-order chi connectivity index (χ0) is 13.3. The van der Waals surface area contributed by atoms with E-state index in [0.29, 0.717) is 22.7 Å². The Kier molecular flexibility index (Phi) is 3.65. The fraction of sp³-hybridized carbons (Fsp3) is 0.364. The predicted molar refractivity (Wildman–Crippen MR) is 74.7 cm³/mol. The van der Waals surface area contributed by atoms with Gasteiger partial charge in [0.15, 0.2) is 0 Å². The molecule has 1 N–H and O–H groups in total. The monoisotopic (exact) mass is 330 g/mol. The van der Waals surface area contributed by atoms with Gasteiger partial charge in [0.05, 0.1) is 23.7 Å². The quantitative estimate of drug-likeness (QED) is 0.512. The third-order valence-electron chi connectivity index (χ3n) is 2.77. The molecule has 1 atom stereocenters. The lowest BCUT2D eigenvalue weighted by atomic mass is 9.91. The van der Waals surface area contributed by atoms with E-state index in [9.17, 15) is 10.1 Å². The summed E-state index contributed by atoms with van der Waals surface area (Å²) >= 11 is 8.37. The van der Waals surface area contributed by atoms with Crippen molar-refractivity contribution in [3.8, 4) is 0 Å². The third kappa shape index (κ3) is 2.68. The van der Waals surface area contributed by atoms with Gasteiger partial charge < -0.3 is 10.1 Å². The molecule has 0 aliphatic carbocycles. The molecular formula is C11H11BrN2O3S. The smallest absolute Gasteiger partial charge is 0.270 e. The van der Waals surface area contributed by atoms with Gasteiger partial charge in [0, 0.05) is 16.6 Å². The molecule has 0 saturated carbocycles. The fourth-order valence-electron chi connectivity index (χ4n) is 1.88. The van der Waals surface area contributed by atoms with Crippen LogP contribution in [0.5, 0.6) is 0 Å². The van der Waals surface area contributed by atoms with Crippen LogP contribution in [0.3, 0.4) is 0 Å². The molecule has 0 unspecified atom stereocenters. The molecule has 1 aliphatic heterocycles. The first-order chi connectivity index (χ1) is 8.40. The molecule has 0 aromatic heterocycles. The largest absolute Gasteiger partial charge is 0.372 e. The highest BCUT2D eigenvalue weighted by atomic mass is 79.9. The van der Waals surface area contributed by atoms with Crippen molar-refractivity contribution in [2.24, 2.45) is 0 Å². The number of halogens is 1. The summed E-state index contributed by atoms with van der Waals surface area (Å²) in [6.07, 6.45) is 0. The van der Waals surface area contributed by atoms with Crippen LogP contribution in [-0.4, -0.2) is 23.1 Å². The van der Waals surface area contributed by atoms with Crippen LogP contribution in [0.15, 0.2) is 22.7 Å². The Morgan fingerprint density at radius 3 is 2.89 bits per heavy atom. The van der Waals surface area contributed by atoms with E-state index in [4.69, 9.17) is 17.0 Å². The Morgan fingerprint density at radius 2 is 2.28 bits per heavy atom. The van der Waals surface area contributed by atoms with Crippen LogP contribution in [0.2, 0.25) is 0 Å². The number of nitro groups is 1. The van der Waals surface area contributed by atoms with E-state index in [1.807, 2.05) is 13.0 Å². The summed E-state index contributed by atoms with van der Waals surface area (Å²) in [7, 11) is 0. The molecule has 18 heavy (non-hydrogen) atoms. The van der Waals surface area contributed by atoms with Crippen molar-refractivity contribution in [3.63, 3.8) is 0 Å². The fourth-order valence-corrected chi connectivity index (χ4v) is 2.67. The third-order valence-corrected chi connectivity index (χ3v) is 3.45. The van der Waals surface area contributed by atoms with Gasteiger partial charge in [-0.05, 0) is 18.6 Å². The molecule has 0 spiro atoms. The van der Waals surface area contributed by atoms with Gasteiger partial charge in [0.1, 0.15) is 4.99 Å². The van der Waals surface area contributed by atoms with Crippen molar-refractivity contribution in [2.75, 3.05) is 13.2 Å². The lowest BCUT2D eigenvalue weighted by Gasteiger charge is -2.36. The number of thiocarbonyl (C=S) groups is 1. The standard InChI is InChI=1S/C11H11BrN2O3S/c1-11(6-17-5-10(18)13-11)7-2-8(12)4-9(3-7)14(15)16/h2-4H,5-6H2,1H3,(H,13,18)/t11-/m0/s1. The lowest BCUT2D eigenvalue weighted by Crippen LogP contribution is -2.52. The number of rotatable bonds is 2. The highest BCUT2D eigenvalue weighted by Crippen LogP contribution is 2.30. The van der Waals surface area contributed by atoms with Gasteiger partial charge in [-0.2, -0.15) is 0 Å². The summed E-state index contributed by atoms with van der Waals surface area (Å²) in [4.78, 5) is 11.1. The Morgan fingerprint density at radius 1 is 1.56 bits per heavy atom. The molecule has 1 aromatic carbocycles. The van der Waals surface area contributed by atoms with Crippen molar-refractivity contribution in [1.82, 2.24) is 5.32 Å². The zero-order valence-electron chi connectivity index (χ0n) is 9.60. The average molecular weight is 331 g/mol. The second-order valence-corrected chi connectivity index (χ2v) is 5.74. The number of hydrogen-bond donors (Lipinski definition) is 1. The lowest BCUT2D eigenvalue weighted by molar-refractivity contribution is -0.385. The van der Waals surface area contributed by atoms with E-state index >= 15 is 0 Å². The number of benzene rings is 1. The molecular weight excluding hydrogens is 320 g/mol. The topological polar surface area (TPSA) is 64.4 Å². The van der Waals surface area contributed by atoms with Crippen LogP contribution in [0.1, 0.15) is 12.5 Å². The predicted octanol–water partition coefficient (Wildman–Crippen LogP) is 2.52. The van der Waals surface area contributed by atoms with Crippen LogP contribution in [0, 0.1) is 10.1 Å². The van der Waals surface area contributed by atoms with Crippen molar-refractivity contribution < 1.29 is 9.66 Å². The van der Waals surface area contributed by atoms with Gasteiger partial charge in [-0.1, -0.05) is 28.1 Å². The summed E-state index contributed by atoms with van der Waals surface area (Å²) < 4.78 is 6.06. The first kappa shape index (κ1) is 13.4. The van der Waals surface area contributed by atoms with E-state index in [1.54, 1.807) is 0 Å². The Hall–Kier alpha value is -1.05. The number of morpholine rings is 1. The van der Waals surface area contributed by atoms with Crippen molar-refractivity contribution in [2.45, 2.75) is 12.5 Å². The van der Waals surface area contributed by atoms with Gasteiger partial charge in [-0.15, -0.1) is 0 Å². The van der Waals surface area contributed by atoms with E-state index in [1.165, 1.54) is 12.1 Å². The summed E-state index contributed by atoms with van der Waals surface area (Å²) in [6, 6.07) is 4.83. The second kappa shape index (κ2) is 4.91. The summed E-state index contributed by atoms with van der Waals surface area (Å²) in [6.45, 7) is 2.71. The van der Waals surface area contributed by atoms with Gasteiger partial charge in [-0.3, -0.25) is 10.1 Å². The molecule has 0 radical (unpaired) electrons. The first-order valence-corrected chi connectivity index (χ1v) is 6.45. The van der Waals surface area contributed by atoms with Gasteiger partial charge in [0.25, 0.3) is 5.69 Å². The maximum absolute atomic E-state index is 10.9. The number of hydrogen-bond acceptors (Lipinski definition) is 4. The van der Waals surface area contributed by atoms with Crippen LogP contribution in [0.25, 0.3) is 0 Å². The summed E-state index contributed by atoms with van der Waals surface area (Å²) in [5.41, 5.74) is 0.272. The molecule has 1 aliphatic rings.